The van der Waals surface area contributed by atoms with Gasteiger partial charge in [-0.15, -0.1) is 0 Å². The third kappa shape index (κ3) is 2.20. The summed E-state index contributed by atoms with van der Waals surface area (Å²) >= 11 is 0. The minimum Gasteiger partial charge on any atom is -0.439 e. The van der Waals surface area contributed by atoms with E-state index in [-0.39, 0.29) is 6.54 Å². The molecule has 0 aliphatic heterocycles. The molecule has 2 rings (SSSR count). The Labute approximate surface area is 93.3 Å². The van der Waals surface area contributed by atoms with E-state index in [1.165, 1.54) is 0 Å². The third-order valence-electron chi connectivity index (χ3n) is 2.41. The van der Waals surface area contributed by atoms with E-state index in [0.717, 1.165) is 5.69 Å². The smallest absolute Gasteiger partial charge is 0.199 e. The molecule has 2 aromatic heterocycles. The maximum atomic E-state index is 9.81. The monoisotopic (exact) mass is 221 g/mol. The standard InChI is InChI=1S/C11H15N3O2/c1-7-3-4-8-10(13-7)14-9(16-8)5-11(2,15)6-12/h3-4,15H,5-6,12H2,1-2H3. The highest BCUT2D eigenvalue weighted by Gasteiger charge is 2.22. The molecule has 1 atom stereocenters. The van der Waals surface area contributed by atoms with Crippen molar-refractivity contribution in [2.75, 3.05) is 6.54 Å². The van der Waals surface area contributed by atoms with Crippen molar-refractivity contribution >= 4 is 11.2 Å². The molecule has 0 bridgehead atoms. The molecular weight excluding hydrogens is 206 g/mol. The Morgan fingerprint density at radius 1 is 1.44 bits per heavy atom. The van der Waals surface area contributed by atoms with Crippen LogP contribution in [0.1, 0.15) is 18.5 Å². The van der Waals surface area contributed by atoms with Gasteiger partial charge in [0, 0.05) is 12.2 Å². The Hall–Kier alpha value is -1.46. The summed E-state index contributed by atoms with van der Waals surface area (Å²) in [6, 6.07) is 3.68. The topological polar surface area (TPSA) is 85.2 Å². The fourth-order valence-corrected chi connectivity index (χ4v) is 1.43. The lowest BCUT2D eigenvalue weighted by atomic mass is 10.0. The van der Waals surface area contributed by atoms with Crippen LogP contribution >= 0.6 is 0 Å². The SMILES string of the molecule is Cc1ccc2oc(CC(C)(O)CN)nc2n1. The fraction of sp³-hybridized carbons (Fsp3) is 0.455. The van der Waals surface area contributed by atoms with Gasteiger partial charge in [0.25, 0.3) is 0 Å². The van der Waals surface area contributed by atoms with Crippen LogP contribution in [0.4, 0.5) is 0 Å². The van der Waals surface area contributed by atoms with E-state index in [2.05, 4.69) is 9.97 Å². The lowest BCUT2D eigenvalue weighted by molar-refractivity contribution is 0.0632. The highest BCUT2D eigenvalue weighted by atomic mass is 16.4. The predicted octanol–water partition coefficient (Wildman–Crippen LogP) is 0.783. The van der Waals surface area contributed by atoms with Gasteiger partial charge in [-0.3, -0.25) is 0 Å². The van der Waals surface area contributed by atoms with Crippen LogP contribution in [0, 0.1) is 6.92 Å². The van der Waals surface area contributed by atoms with Gasteiger partial charge >= 0.3 is 0 Å². The summed E-state index contributed by atoms with van der Waals surface area (Å²) in [7, 11) is 0. The van der Waals surface area contributed by atoms with E-state index < -0.39 is 5.60 Å². The molecule has 5 nitrogen and oxygen atoms in total. The molecule has 2 aromatic rings. The number of nitrogens with two attached hydrogens (primary N) is 1. The number of aryl methyl sites for hydroxylation is 1. The summed E-state index contributed by atoms with van der Waals surface area (Å²) in [5, 5.41) is 9.81. The highest BCUT2D eigenvalue weighted by Crippen LogP contribution is 2.17. The molecule has 1 unspecified atom stereocenters. The van der Waals surface area contributed by atoms with Crippen LogP contribution < -0.4 is 5.73 Å². The van der Waals surface area contributed by atoms with Crippen molar-refractivity contribution in [1.82, 2.24) is 9.97 Å². The molecule has 0 fully saturated rings. The minimum absolute atomic E-state index is 0.165. The number of hydrogen-bond donors (Lipinski definition) is 2. The van der Waals surface area contributed by atoms with Crippen molar-refractivity contribution in [1.29, 1.82) is 0 Å². The first kappa shape index (κ1) is 11.0. The van der Waals surface area contributed by atoms with Gasteiger partial charge < -0.3 is 15.3 Å². The molecule has 0 spiro atoms. The number of nitrogens with zero attached hydrogens (tertiary/aromatic N) is 2. The van der Waals surface area contributed by atoms with Crippen LogP contribution in [0.25, 0.3) is 11.2 Å². The van der Waals surface area contributed by atoms with Crippen molar-refractivity contribution in [3.05, 3.63) is 23.7 Å². The third-order valence-corrected chi connectivity index (χ3v) is 2.41. The predicted molar refractivity (Wildman–Crippen MR) is 59.9 cm³/mol. The molecule has 0 aliphatic carbocycles. The molecule has 0 aromatic carbocycles. The van der Waals surface area contributed by atoms with Gasteiger partial charge in [0.05, 0.1) is 12.0 Å². The first-order valence-corrected chi connectivity index (χ1v) is 5.16. The molecule has 16 heavy (non-hydrogen) atoms. The van der Waals surface area contributed by atoms with Gasteiger partial charge in [-0.25, -0.2) is 4.98 Å². The second-order valence-electron chi connectivity index (χ2n) is 4.26. The van der Waals surface area contributed by atoms with E-state index in [9.17, 15) is 5.11 Å². The summed E-state index contributed by atoms with van der Waals surface area (Å²) in [5.41, 5.74) is 6.54. The number of aliphatic hydroxyl groups is 1. The average Bonchev–Trinajstić information content (AvgIpc) is 2.58. The summed E-state index contributed by atoms with van der Waals surface area (Å²) in [5.74, 6) is 0.462. The molecule has 0 saturated carbocycles. The summed E-state index contributed by atoms with van der Waals surface area (Å²) < 4.78 is 5.47. The van der Waals surface area contributed by atoms with Crippen LogP contribution in [0.15, 0.2) is 16.5 Å². The van der Waals surface area contributed by atoms with E-state index >= 15 is 0 Å². The van der Waals surface area contributed by atoms with Gasteiger partial charge in [-0.1, -0.05) is 0 Å². The molecule has 0 saturated heterocycles. The van der Waals surface area contributed by atoms with E-state index in [0.29, 0.717) is 23.5 Å². The highest BCUT2D eigenvalue weighted by molar-refractivity contribution is 5.67. The second kappa shape index (κ2) is 3.84. The zero-order chi connectivity index (χ0) is 11.8. The lowest BCUT2D eigenvalue weighted by Gasteiger charge is -2.18. The quantitative estimate of drug-likeness (QED) is 0.800. The van der Waals surface area contributed by atoms with Crippen LogP contribution in [0.3, 0.4) is 0 Å². The van der Waals surface area contributed by atoms with E-state index in [1.54, 1.807) is 6.92 Å². The van der Waals surface area contributed by atoms with Crippen molar-refractivity contribution in [2.45, 2.75) is 25.9 Å². The lowest BCUT2D eigenvalue weighted by Crippen LogP contribution is -2.36. The van der Waals surface area contributed by atoms with Crippen LogP contribution in [-0.2, 0) is 6.42 Å². The summed E-state index contributed by atoms with van der Waals surface area (Å²) in [4.78, 5) is 8.45. The molecular formula is C11H15N3O2. The van der Waals surface area contributed by atoms with Gasteiger partial charge in [-0.2, -0.15) is 4.98 Å². The van der Waals surface area contributed by atoms with E-state index in [1.807, 2.05) is 19.1 Å². The van der Waals surface area contributed by atoms with Crippen molar-refractivity contribution in [3.63, 3.8) is 0 Å². The number of aromatic nitrogens is 2. The van der Waals surface area contributed by atoms with Crippen LogP contribution in [-0.4, -0.2) is 27.2 Å². The molecule has 0 aliphatic rings. The fourth-order valence-electron chi connectivity index (χ4n) is 1.43. The Kier molecular flexibility index (Phi) is 2.65. The molecule has 5 heteroatoms. The van der Waals surface area contributed by atoms with Crippen LogP contribution in [0.5, 0.6) is 0 Å². The normalized spacial score (nSPS) is 15.2. The molecule has 2 heterocycles. The Morgan fingerprint density at radius 2 is 2.19 bits per heavy atom. The maximum Gasteiger partial charge on any atom is 0.199 e. The van der Waals surface area contributed by atoms with Gasteiger partial charge in [0.1, 0.15) is 0 Å². The zero-order valence-corrected chi connectivity index (χ0v) is 9.40. The summed E-state index contributed by atoms with van der Waals surface area (Å²) in [6.07, 6.45) is 0.291. The Balaban J connectivity index is 2.33. The Morgan fingerprint density at radius 3 is 2.88 bits per heavy atom. The molecule has 86 valence electrons. The van der Waals surface area contributed by atoms with E-state index in [4.69, 9.17) is 10.2 Å². The first-order valence-electron chi connectivity index (χ1n) is 5.16. The largest absolute Gasteiger partial charge is 0.439 e. The number of rotatable bonds is 3. The Bertz CT molecular complexity index is 505. The van der Waals surface area contributed by atoms with Crippen molar-refractivity contribution < 1.29 is 9.52 Å². The average molecular weight is 221 g/mol. The van der Waals surface area contributed by atoms with Gasteiger partial charge in [0.2, 0.25) is 0 Å². The number of fused-ring (bicyclic) bond motifs is 1. The van der Waals surface area contributed by atoms with Gasteiger partial charge in [0.15, 0.2) is 17.1 Å². The summed E-state index contributed by atoms with van der Waals surface area (Å²) in [6.45, 7) is 3.71. The number of hydrogen-bond acceptors (Lipinski definition) is 5. The second-order valence-corrected chi connectivity index (χ2v) is 4.26. The van der Waals surface area contributed by atoms with Crippen molar-refractivity contribution in [3.8, 4) is 0 Å². The molecule has 3 N–H and O–H groups in total. The van der Waals surface area contributed by atoms with Crippen LogP contribution in [0.2, 0.25) is 0 Å². The minimum atomic E-state index is -0.990. The molecule has 0 amide bonds. The molecule has 0 radical (unpaired) electrons. The zero-order valence-electron chi connectivity index (χ0n) is 9.40. The van der Waals surface area contributed by atoms with Gasteiger partial charge in [-0.05, 0) is 26.0 Å². The van der Waals surface area contributed by atoms with Crippen molar-refractivity contribution in [2.24, 2.45) is 5.73 Å². The maximum absolute atomic E-state index is 9.81. The first-order chi connectivity index (χ1) is 7.50. The number of pyridine rings is 1. The number of oxazole rings is 1.